The number of unbranched alkanes of at least 4 members (excludes halogenated alkanes) is 1. The van der Waals surface area contributed by atoms with E-state index < -0.39 is 29.6 Å². The number of alkyl carbamates (subject to hydrolysis) is 1. The zero-order chi connectivity index (χ0) is 21.2. The van der Waals surface area contributed by atoms with Gasteiger partial charge in [0.1, 0.15) is 11.4 Å². The van der Waals surface area contributed by atoms with E-state index in [0.29, 0.717) is 32.2 Å². The van der Waals surface area contributed by atoms with Gasteiger partial charge in [-0.1, -0.05) is 30.3 Å². The summed E-state index contributed by atoms with van der Waals surface area (Å²) < 4.78 is 5.15. The van der Waals surface area contributed by atoms with E-state index in [1.54, 1.807) is 20.8 Å². The minimum atomic E-state index is -0.640. The fourth-order valence-corrected chi connectivity index (χ4v) is 2.72. The van der Waals surface area contributed by atoms with E-state index in [4.69, 9.17) is 16.2 Å². The second-order valence-electron chi connectivity index (χ2n) is 7.99. The molecule has 1 rings (SSSR count). The Kier molecular flexibility index (Phi) is 9.65. The van der Waals surface area contributed by atoms with Gasteiger partial charge in [0, 0.05) is 18.9 Å². The van der Waals surface area contributed by atoms with Crippen molar-refractivity contribution >= 4 is 17.8 Å². The lowest BCUT2D eigenvalue weighted by molar-refractivity contribution is -0.128. The molecule has 0 aliphatic heterocycles. The highest BCUT2D eigenvalue weighted by molar-refractivity contribution is 5.89. The lowest BCUT2D eigenvalue weighted by Gasteiger charge is -2.19. The number of hydrogen-bond donors (Lipinski definition) is 3. The minimum absolute atomic E-state index is 0.0432. The summed E-state index contributed by atoms with van der Waals surface area (Å²) in [6.07, 6.45) is 1.87. The van der Waals surface area contributed by atoms with Gasteiger partial charge in [-0.25, -0.2) is 4.79 Å². The van der Waals surface area contributed by atoms with E-state index in [-0.39, 0.29) is 12.2 Å². The molecule has 2 atom stereocenters. The summed E-state index contributed by atoms with van der Waals surface area (Å²) in [5.74, 6) is -1.22. The summed E-state index contributed by atoms with van der Waals surface area (Å²) in [6.45, 7) is 5.85. The van der Waals surface area contributed by atoms with Crippen molar-refractivity contribution in [3.05, 3.63) is 35.9 Å². The number of hydrogen-bond acceptors (Lipinski definition) is 5. The zero-order valence-electron chi connectivity index (χ0n) is 17.1. The number of carbonyl (C=O) groups is 3. The number of ketones is 1. The molecule has 0 aliphatic carbocycles. The Morgan fingerprint density at radius 2 is 1.75 bits per heavy atom. The predicted octanol–water partition coefficient (Wildman–Crippen LogP) is 2.31. The Hall–Kier alpha value is -2.41. The Bertz CT molecular complexity index is 641. The van der Waals surface area contributed by atoms with E-state index in [9.17, 15) is 14.4 Å². The monoisotopic (exact) mass is 391 g/mol. The average Bonchev–Trinajstić information content (AvgIpc) is 2.59. The molecule has 0 saturated carbocycles. The van der Waals surface area contributed by atoms with E-state index in [0.717, 1.165) is 5.56 Å². The molecular formula is C21H33N3O4. The first-order valence-electron chi connectivity index (χ1n) is 9.67. The molecule has 0 heterocycles. The number of amides is 2. The molecule has 2 amide bonds. The van der Waals surface area contributed by atoms with Gasteiger partial charge < -0.3 is 21.5 Å². The third-order valence-electron chi connectivity index (χ3n) is 4.20. The van der Waals surface area contributed by atoms with E-state index in [1.165, 1.54) is 0 Å². The van der Waals surface area contributed by atoms with Crippen LogP contribution in [0.15, 0.2) is 30.3 Å². The predicted molar refractivity (Wildman–Crippen MR) is 109 cm³/mol. The molecule has 0 aliphatic rings. The summed E-state index contributed by atoms with van der Waals surface area (Å²) in [5.41, 5.74) is 11.9. The van der Waals surface area contributed by atoms with Gasteiger partial charge in [0.2, 0.25) is 5.91 Å². The number of Topliss-reactive ketones (excluding diaryl/α,β-unsaturated/α-hetero) is 1. The summed E-state index contributed by atoms with van der Waals surface area (Å²) >= 11 is 0. The van der Waals surface area contributed by atoms with Crippen LogP contribution in [-0.2, 0) is 20.7 Å². The highest BCUT2D eigenvalue weighted by Gasteiger charge is 2.23. The minimum Gasteiger partial charge on any atom is -0.444 e. The van der Waals surface area contributed by atoms with Crippen molar-refractivity contribution in [2.45, 2.75) is 64.5 Å². The summed E-state index contributed by atoms with van der Waals surface area (Å²) in [6, 6.07) is 8.81. The van der Waals surface area contributed by atoms with Crippen molar-refractivity contribution in [1.29, 1.82) is 0 Å². The van der Waals surface area contributed by atoms with Crippen LogP contribution >= 0.6 is 0 Å². The number of rotatable bonds is 11. The van der Waals surface area contributed by atoms with Crippen LogP contribution in [0.5, 0.6) is 0 Å². The van der Waals surface area contributed by atoms with Gasteiger partial charge in [0.05, 0.1) is 6.04 Å². The van der Waals surface area contributed by atoms with Crippen molar-refractivity contribution in [2.75, 3.05) is 6.54 Å². The average molecular weight is 392 g/mol. The van der Waals surface area contributed by atoms with Gasteiger partial charge in [-0.15, -0.1) is 0 Å². The molecular weight excluding hydrogens is 358 g/mol. The second-order valence-corrected chi connectivity index (χ2v) is 7.99. The van der Waals surface area contributed by atoms with Crippen LogP contribution in [0.25, 0.3) is 0 Å². The summed E-state index contributed by atoms with van der Waals surface area (Å²) in [7, 11) is 0. The molecule has 1 aromatic rings. The fourth-order valence-electron chi connectivity index (χ4n) is 2.72. The van der Waals surface area contributed by atoms with Crippen LogP contribution in [0.4, 0.5) is 4.79 Å². The smallest absolute Gasteiger partial charge is 0.407 e. The Morgan fingerprint density at radius 3 is 2.32 bits per heavy atom. The van der Waals surface area contributed by atoms with Crippen LogP contribution in [0.2, 0.25) is 0 Å². The van der Waals surface area contributed by atoms with Gasteiger partial charge >= 0.3 is 6.09 Å². The summed E-state index contributed by atoms with van der Waals surface area (Å²) in [4.78, 5) is 35.6. The normalized spacial score (nSPS) is 13.4. The molecule has 7 nitrogen and oxygen atoms in total. The standard InChI is InChI=1S/C21H33N3O4/c1-21(2,3)28-20(27)24-12-8-7-11-17(22)18(25)14-16(19(23)26)13-15-9-5-4-6-10-15/h4-6,9-10,16-17H,7-8,11-14,22H2,1-3H3,(H2,23,26)(H,24,27)/t16-,17+/m1/s1. The van der Waals surface area contributed by atoms with Crippen LogP contribution in [0.3, 0.4) is 0 Å². The SMILES string of the molecule is CC(C)(C)OC(=O)NCCCC[C@H](N)C(=O)C[C@@H](Cc1ccccc1)C(N)=O. The molecule has 0 saturated heterocycles. The molecule has 0 aromatic heterocycles. The van der Waals surface area contributed by atoms with Crippen LogP contribution in [-0.4, -0.2) is 36.0 Å². The van der Waals surface area contributed by atoms with Gasteiger partial charge in [-0.05, 0) is 52.0 Å². The number of nitrogens with one attached hydrogen (secondary N) is 1. The topological polar surface area (TPSA) is 125 Å². The molecule has 5 N–H and O–H groups in total. The molecule has 0 bridgehead atoms. The third-order valence-corrected chi connectivity index (χ3v) is 4.20. The molecule has 1 aromatic carbocycles. The van der Waals surface area contributed by atoms with Crippen molar-refractivity contribution in [3.8, 4) is 0 Å². The van der Waals surface area contributed by atoms with Crippen LogP contribution < -0.4 is 16.8 Å². The first-order chi connectivity index (χ1) is 13.1. The van der Waals surface area contributed by atoms with E-state index >= 15 is 0 Å². The highest BCUT2D eigenvalue weighted by Crippen LogP contribution is 2.14. The molecule has 7 heteroatoms. The molecule has 28 heavy (non-hydrogen) atoms. The number of primary amides is 1. The largest absolute Gasteiger partial charge is 0.444 e. The van der Waals surface area contributed by atoms with Crippen LogP contribution in [0, 0.1) is 5.92 Å². The van der Waals surface area contributed by atoms with Gasteiger partial charge in [-0.3, -0.25) is 9.59 Å². The second kappa shape index (κ2) is 11.4. The Morgan fingerprint density at radius 1 is 1.11 bits per heavy atom. The summed E-state index contributed by atoms with van der Waals surface area (Å²) in [5, 5.41) is 2.67. The maximum absolute atomic E-state index is 12.4. The fraction of sp³-hybridized carbons (Fsp3) is 0.571. The quantitative estimate of drug-likeness (QED) is 0.499. The van der Waals surface area contributed by atoms with E-state index in [1.807, 2.05) is 30.3 Å². The third kappa shape index (κ3) is 10.1. The first kappa shape index (κ1) is 23.6. The van der Waals surface area contributed by atoms with Crippen molar-refractivity contribution < 1.29 is 19.1 Å². The lowest BCUT2D eigenvalue weighted by Crippen LogP contribution is -2.36. The van der Waals surface area contributed by atoms with Crippen molar-refractivity contribution in [3.63, 3.8) is 0 Å². The Labute approximate surface area is 167 Å². The molecule has 0 radical (unpaired) electrons. The number of ether oxygens (including phenoxy) is 1. The van der Waals surface area contributed by atoms with E-state index in [2.05, 4.69) is 5.32 Å². The van der Waals surface area contributed by atoms with Gasteiger partial charge in [-0.2, -0.15) is 0 Å². The molecule has 0 fully saturated rings. The molecule has 0 spiro atoms. The van der Waals surface area contributed by atoms with Crippen molar-refractivity contribution in [1.82, 2.24) is 5.32 Å². The number of carbonyl (C=O) groups excluding carboxylic acids is 3. The lowest BCUT2D eigenvalue weighted by atomic mass is 9.90. The molecule has 0 unspecified atom stereocenters. The zero-order valence-corrected chi connectivity index (χ0v) is 17.1. The highest BCUT2D eigenvalue weighted by atomic mass is 16.6. The molecule has 156 valence electrons. The maximum Gasteiger partial charge on any atom is 0.407 e. The van der Waals surface area contributed by atoms with Gasteiger partial charge in [0.25, 0.3) is 0 Å². The number of nitrogens with two attached hydrogens (primary N) is 2. The van der Waals surface area contributed by atoms with Crippen molar-refractivity contribution in [2.24, 2.45) is 17.4 Å². The Balaban J connectivity index is 2.33. The first-order valence-corrected chi connectivity index (χ1v) is 9.67. The van der Waals surface area contributed by atoms with Gasteiger partial charge in [0.15, 0.2) is 0 Å². The van der Waals surface area contributed by atoms with Crippen LogP contribution in [0.1, 0.15) is 52.0 Å². The maximum atomic E-state index is 12.4. The number of benzene rings is 1.